The lowest BCUT2D eigenvalue weighted by atomic mass is 10.0. The Balaban J connectivity index is 1.71. The Morgan fingerprint density at radius 2 is 2.12 bits per heavy atom. The highest BCUT2D eigenvalue weighted by Crippen LogP contribution is 2.28. The minimum atomic E-state index is -0.0441. The van der Waals surface area contributed by atoms with E-state index in [1.54, 1.807) is 0 Å². The molecule has 0 saturated carbocycles. The van der Waals surface area contributed by atoms with E-state index in [-0.39, 0.29) is 17.9 Å². The smallest absolute Gasteiger partial charge is 0.264 e. The Kier molecular flexibility index (Phi) is 5.48. The van der Waals surface area contributed by atoms with Crippen LogP contribution in [0.3, 0.4) is 0 Å². The van der Waals surface area contributed by atoms with Gasteiger partial charge in [-0.3, -0.25) is 9.59 Å². The maximum atomic E-state index is 13.0. The van der Waals surface area contributed by atoms with Crippen molar-refractivity contribution >= 4 is 33.2 Å². The Labute approximate surface area is 145 Å². The molecular weight excluding hydrogens is 322 g/mol. The number of carbonyl (C=O) groups is 2. The standard InChI is InChI=1S/C18H23N3O2S/c19-9-8-17(22)20-12-14-6-3-4-10-21(14)18(23)16-11-13-5-1-2-7-15(13)24-16/h1-2,5,7,11,14H,3-4,6,8-10,12,19H2,(H,20,22). The summed E-state index contributed by atoms with van der Waals surface area (Å²) in [6.45, 7) is 1.61. The minimum absolute atomic E-state index is 0.0441. The third kappa shape index (κ3) is 3.76. The number of likely N-dealkylation sites (tertiary alicyclic amines) is 1. The average molecular weight is 345 g/mol. The van der Waals surface area contributed by atoms with Gasteiger partial charge in [-0.1, -0.05) is 18.2 Å². The van der Waals surface area contributed by atoms with Crippen molar-refractivity contribution in [3.8, 4) is 0 Å². The lowest BCUT2D eigenvalue weighted by Gasteiger charge is -2.35. The van der Waals surface area contributed by atoms with E-state index < -0.39 is 0 Å². The maximum Gasteiger partial charge on any atom is 0.264 e. The number of hydrogen-bond donors (Lipinski definition) is 2. The van der Waals surface area contributed by atoms with Crippen LogP contribution in [-0.4, -0.2) is 42.4 Å². The molecule has 1 unspecified atom stereocenters. The number of hydrogen-bond acceptors (Lipinski definition) is 4. The van der Waals surface area contributed by atoms with Crippen molar-refractivity contribution in [1.82, 2.24) is 10.2 Å². The van der Waals surface area contributed by atoms with Gasteiger partial charge in [0.1, 0.15) is 0 Å². The average Bonchev–Trinajstić information content (AvgIpc) is 3.04. The second-order valence-corrected chi connectivity index (χ2v) is 7.22. The molecule has 3 N–H and O–H groups in total. The van der Waals surface area contributed by atoms with Crippen LogP contribution >= 0.6 is 11.3 Å². The third-order valence-corrected chi connectivity index (χ3v) is 5.53. The molecule has 0 aliphatic carbocycles. The topological polar surface area (TPSA) is 75.4 Å². The van der Waals surface area contributed by atoms with Crippen LogP contribution in [0.1, 0.15) is 35.4 Å². The summed E-state index contributed by atoms with van der Waals surface area (Å²) in [5.41, 5.74) is 5.40. The summed E-state index contributed by atoms with van der Waals surface area (Å²) in [6.07, 6.45) is 3.37. The van der Waals surface area contributed by atoms with Gasteiger partial charge in [0, 0.05) is 36.8 Å². The lowest BCUT2D eigenvalue weighted by molar-refractivity contribution is -0.121. The molecule has 0 bridgehead atoms. The predicted octanol–water partition coefficient (Wildman–Crippen LogP) is 2.36. The van der Waals surface area contributed by atoms with Crippen molar-refractivity contribution in [3.05, 3.63) is 35.2 Å². The summed E-state index contributed by atoms with van der Waals surface area (Å²) in [4.78, 5) is 27.3. The molecule has 2 heterocycles. The first-order valence-electron chi connectivity index (χ1n) is 8.45. The molecule has 1 fully saturated rings. The van der Waals surface area contributed by atoms with Crippen molar-refractivity contribution in [2.24, 2.45) is 5.73 Å². The van der Waals surface area contributed by atoms with Crippen molar-refractivity contribution in [2.75, 3.05) is 19.6 Å². The number of piperidine rings is 1. The normalized spacial score (nSPS) is 17.9. The van der Waals surface area contributed by atoms with Gasteiger partial charge in [0.15, 0.2) is 0 Å². The summed E-state index contributed by atoms with van der Waals surface area (Å²) in [6, 6.07) is 10.1. The maximum absolute atomic E-state index is 13.0. The minimum Gasteiger partial charge on any atom is -0.354 e. The molecule has 1 aliphatic heterocycles. The third-order valence-electron chi connectivity index (χ3n) is 4.43. The second-order valence-electron chi connectivity index (χ2n) is 6.14. The molecule has 0 spiro atoms. The molecule has 2 aromatic rings. The summed E-state index contributed by atoms with van der Waals surface area (Å²) in [5, 5.41) is 4.01. The number of amides is 2. The largest absolute Gasteiger partial charge is 0.354 e. The fourth-order valence-electron chi connectivity index (χ4n) is 3.16. The number of benzene rings is 1. The quantitative estimate of drug-likeness (QED) is 0.873. The van der Waals surface area contributed by atoms with Gasteiger partial charge in [-0.15, -0.1) is 11.3 Å². The Hall–Kier alpha value is -1.92. The first kappa shape index (κ1) is 16.9. The highest BCUT2D eigenvalue weighted by molar-refractivity contribution is 7.20. The van der Waals surface area contributed by atoms with E-state index in [9.17, 15) is 9.59 Å². The molecule has 0 radical (unpaired) electrons. The van der Waals surface area contributed by atoms with Crippen LogP contribution in [0.5, 0.6) is 0 Å². The van der Waals surface area contributed by atoms with Gasteiger partial charge in [-0.2, -0.15) is 0 Å². The fourth-order valence-corrected chi connectivity index (χ4v) is 4.18. The SMILES string of the molecule is NCCC(=O)NCC1CCCCN1C(=O)c1cc2ccccc2s1. The Morgan fingerprint density at radius 3 is 2.92 bits per heavy atom. The number of nitrogens with zero attached hydrogens (tertiary/aromatic N) is 1. The molecule has 3 rings (SSSR count). The molecule has 1 atom stereocenters. The fraction of sp³-hybridized carbons (Fsp3) is 0.444. The molecule has 5 nitrogen and oxygen atoms in total. The van der Waals surface area contributed by atoms with E-state index in [4.69, 9.17) is 5.73 Å². The molecule has 1 aliphatic rings. The molecule has 2 amide bonds. The molecule has 1 aromatic carbocycles. The Bertz CT molecular complexity index is 695. The number of thiophene rings is 1. The van der Waals surface area contributed by atoms with Crippen LogP contribution in [0.15, 0.2) is 30.3 Å². The van der Waals surface area contributed by atoms with Crippen LogP contribution in [0.2, 0.25) is 0 Å². The van der Waals surface area contributed by atoms with E-state index in [0.29, 0.717) is 19.5 Å². The zero-order chi connectivity index (χ0) is 16.9. The van der Waals surface area contributed by atoms with Crippen LogP contribution < -0.4 is 11.1 Å². The lowest BCUT2D eigenvalue weighted by Crippen LogP contribution is -2.49. The summed E-state index contributed by atoms with van der Waals surface area (Å²) in [5.74, 6) is 0.0336. The van der Waals surface area contributed by atoms with Gasteiger partial charge in [0.25, 0.3) is 5.91 Å². The number of rotatable bonds is 5. The molecule has 1 aromatic heterocycles. The number of carbonyl (C=O) groups excluding carboxylic acids is 2. The van der Waals surface area contributed by atoms with Gasteiger partial charge in [-0.05, 0) is 36.8 Å². The molecule has 6 heteroatoms. The van der Waals surface area contributed by atoms with Crippen LogP contribution in [0.4, 0.5) is 0 Å². The van der Waals surface area contributed by atoms with E-state index in [1.165, 1.54) is 11.3 Å². The van der Waals surface area contributed by atoms with Crippen LogP contribution in [0.25, 0.3) is 10.1 Å². The highest BCUT2D eigenvalue weighted by atomic mass is 32.1. The van der Waals surface area contributed by atoms with Gasteiger partial charge < -0.3 is 16.0 Å². The first-order valence-corrected chi connectivity index (χ1v) is 9.27. The number of nitrogens with two attached hydrogens (primary N) is 1. The van der Waals surface area contributed by atoms with Gasteiger partial charge >= 0.3 is 0 Å². The second kappa shape index (κ2) is 7.77. The zero-order valence-corrected chi connectivity index (χ0v) is 14.5. The summed E-state index contributed by atoms with van der Waals surface area (Å²) in [7, 11) is 0. The van der Waals surface area contributed by atoms with Crippen molar-refractivity contribution in [3.63, 3.8) is 0 Å². The summed E-state index contributed by atoms with van der Waals surface area (Å²) < 4.78 is 1.13. The van der Waals surface area contributed by atoms with E-state index in [1.807, 2.05) is 35.2 Å². The van der Waals surface area contributed by atoms with Gasteiger partial charge in [0.2, 0.25) is 5.91 Å². The summed E-state index contributed by atoms with van der Waals surface area (Å²) >= 11 is 1.54. The van der Waals surface area contributed by atoms with Crippen LogP contribution in [0, 0.1) is 0 Å². The van der Waals surface area contributed by atoms with E-state index in [2.05, 4.69) is 5.32 Å². The van der Waals surface area contributed by atoms with Crippen molar-refractivity contribution < 1.29 is 9.59 Å². The molecule has 128 valence electrons. The highest BCUT2D eigenvalue weighted by Gasteiger charge is 2.28. The van der Waals surface area contributed by atoms with Gasteiger partial charge in [-0.25, -0.2) is 0 Å². The monoisotopic (exact) mass is 345 g/mol. The molecular formula is C18H23N3O2S. The van der Waals surface area contributed by atoms with E-state index >= 15 is 0 Å². The Morgan fingerprint density at radius 1 is 1.29 bits per heavy atom. The van der Waals surface area contributed by atoms with Crippen molar-refractivity contribution in [2.45, 2.75) is 31.7 Å². The first-order chi connectivity index (χ1) is 11.7. The van der Waals surface area contributed by atoms with Crippen molar-refractivity contribution in [1.29, 1.82) is 0 Å². The van der Waals surface area contributed by atoms with Crippen LogP contribution in [-0.2, 0) is 4.79 Å². The predicted molar refractivity (Wildman–Crippen MR) is 97.2 cm³/mol. The number of nitrogens with one attached hydrogen (secondary N) is 1. The van der Waals surface area contributed by atoms with Gasteiger partial charge in [0.05, 0.1) is 4.88 Å². The molecule has 1 saturated heterocycles. The molecule has 24 heavy (non-hydrogen) atoms. The van der Waals surface area contributed by atoms with E-state index in [0.717, 1.165) is 40.8 Å². The number of fused-ring (bicyclic) bond motifs is 1. The zero-order valence-electron chi connectivity index (χ0n) is 13.7.